The van der Waals surface area contributed by atoms with Gasteiger partial charge in [-0.3, -0.25) is 4.79 Å². The number of nitrogens with two attached hydrogens (primary N) is 1. The lowest BCUT2D eigenvalue weighted by Gasteiger charge is -2.21. The molecule has 0 radical (unpaired) electrons. The molecular weight excluding hydrogens is 152 g/mol. The van der Waals surface area contributed by atoms with Crippen molar-refractivity contribution in [3.63, 3.8) is 0 Å². The summed E-state index contributed by atoms with van der Waals surface area (Å²) in [5, 5.41) is 8.34. The fourth-order valence-corrected chi connectivity index (χ4v) is 0.413. The van der Waals surface area contributed by atoms with Crippen LogP contribution in [0.4, 0.5) is 0 Å². The van der Waals surface area contributed by atoms with Gasteiger partial charge < -0.3 is 17.0 Å². The van der Waals surface area contributed by atoms with Crippen molar-refractivity contribution in [3.8, 4) is 0 Å². The molecule has 0 aliphatic heterocycles. The molecule has 4 nitrogen and oxygen atoms in total. The van der Waals surface area contributed by atoms with E-state index in [0.717, 1.165) is 0 Å². The molecule has 0 aliphatic carbocycles. The van der Waals surface area contributed by atoms with Crippen molar-refractivity contribution >= 4 is 18.6 Å². The maximum Gasteiger partial charge on any atom is 0.321 e. The average molecular weight is 166 g/mol. The van der Waals surface area contributed by atoms with Gasteiger partial charge in [0.25, 0.3) is 0 Å². The number of carboxylic acids is 1. The zero-order valence-electron chi connectivity index (χ0n) is 6.16. The Morgan fingerprint density at radius 3 is 2.00 bits per heavy atom. The second-order valence-electron chi connectivity index (χ2n) is 2.47. The van der Waals surface area contributed by atoms with Gasteiger partial charge >= 0.3 is 5.97 Å². The molecule has 10 heavy (non-hydrogen) atoms. The Morgan fingerprint density at radius 1 is 1.70 bits per heavy atom. The summed E-state index contributed by atoms with van der Waals surface area (Å²) in [4.78, 5) is 10.2. The van der Waals surface area contributed by atoms with Crippen molar-refractivity contribution in [1.29, 1.82) is 0 Å². The molecule has 0 bridgehead atoms. The summed E-state index contributed by atoms with van der Waals surface area (Å²) in [7, 11) is 0. The molecule has 0 heterocycles. The minimum atomic E-state index is -1.02. The molecule has 5 heteroatoms. The summed E-state index contributed by atoms with van der Waals surface area (Å²) in [6, 6.07) is -0.902. The first kappa shape index (κ1) is 12.4. The zero-order valence-corrected chi connectivity index (χ0v) is 7.06. The van der Waals surface area contributed by atoms with Gasteiger partial charge in [0, 0.05) is 4.75 Å². The van der Waals surface area contributed by atoms with Gasteiger partial charge in [-0.25, -0.2) is 0 Å². The number of hydrogen-bond donors (Lipinski definition) is 4. The molecule has 62 valence electrons. The highest BCUT2D eigenvalue weighted by Gasteiger charge is 2.27. The molecule has 0 spiro atoms. The molecule has 0 rings (SSSR count). The molecule has 1 atom stereocenters. The molecule has 6 N–H and O–H groups in total. The molecule has 0 amide bonds. The van der Waals surface area contributed by atoms with Gasteiger partial charge in [0.15, 0.2) is 0 Å². The summed E-state index contributed by atoms with van der Waals surface area (Å²) in [6.45, 7) is 3.32. The number of carboxylic acid groups (broad SMARTS) is 1. The van der Waals surface area contributed by atoms with Crippen molar-refractivity contribution < 1.29 is 9.90 Å². The van der Waals surface area contributed by atoms with Crippen LogP contribution in [0.3, 0.4) is 0 Å². The van der Waals surface area contributed by atoms with Crippen LogP contribution < -0.4 is 11.9 Å². The van der Waals surface area contributed by atoms with Crippen LogP contribution in [-0.2, 0) is 4.79 Å². The number of rotatable bonds is 2. The van der Waals surface area contributed by atoms with Crippen molar-refractivity contribution in [2.75, 3.05) is 0 Å². The van der Waals surface area contributed by atoms with Crippen molar-refractivity contribution in [3.05, 3.63) is 0 Å². The van der Waals surface area contributed by atoms with Crippen LogP contribution in [0.5, 0.6) is 0 Å². The van der Waals surface area contributed by atoms with E-state index in [4.69, 9.17) is 10.8 Å². The highest BCUT2D eigenvalue weighted by Crippen LogP contribution is 2.15. The molecular formula is C5H14N2O2S. The third-order valence-corrected chi connectivity index (χ3v) is 1.31. The summed E-state index contributed by atoms with van der Waals surface area (Å²) >= 11 is 3.98. The van der Waals surface area contributed by atoms with Crippen LogP contribution >= 0.6 is 12.6 Å². The standard InChI is InChI=1S/C5H11NO2S.H3N/c1-5(2,9)3(6)4(7)8;/h3,9H,6H2,1-2H3,(H,7,8);1H3/t3-;/m1./s1. The topological polar surface area (TPSA) is 98.3 Å². The van der Waals surface area contributed by atoms with Crippen LogP contribution in [0.1, 0.15) is 13.8 Å². The third-order valence-electron chi connectivity index (χ3n) is 1.03. The highest BCUT2D eigenvalue weighted by atomic mass is 32.1. The predicted molar refractivity (Wildman–Crippen MR) is 43.7 cm³/mol. The van der Waals surface area contributed by atoms with E-state index in [9.17, 15) is 4.79 Å². The predicted octanol–water partition coefficient (Wildman–Crippen LogP) is 0.269. The number of carbonyl (C=O) groups is 1. The highest BCUT2D eigenvalue weighted by molar-refractivity contribution is 7.81. The van der Waals surface area contributed by atoms with Gasteiger partial charge in [-0.15, -0.1) is 0 Å². The van der Waals surface area contributed by atoms with Gasteiger partial charge in [-0.2, -0.15) is 12.6 Å². The average Bonchev–Trinajstić information content (AvgIpc) is 1.62. The van der Waals surface area contributed by atoms with Crippen LogP contribution in [0.15, 0.2) is 0 Å². The quantitative estimate of drug-likeness (QED) is 0.442. The first-order valence-corrected chi connectivity index (χ1v) is 3.01. The number of aliphatic carboxylic acids is 1. The first-order chi connectivity index (χ1) is 3.85. The molecule has 0 saturated heterocycles. The molecule has 0 aliphatic rings. The lowest BCUT2D eigenvalue weighted by atomic mass is 10.1. The van der Waals surface area contributed by atoms with Gasteiger partial charge in [-0.05, 0) is 13.8 Å². The molecule has 0 saturated carbocycles. The maximum atomic E-state index is 10.2. The smallest absolute Gasteiger partial charge is 0.321 e. The second kappa shape index (κ2) is 3.80. The molecule has 0 unspecified atom stereocenters. The van der Waals surface area contributed by atoms with E-state index in [-0.39, 0.29) is 6.15 Å². The van der Waals surface area contributed by atoms with Gasteiger partial charge in [0.1, 0.15) is 6.04 Å². The lowest BCUT2D eigenvalue weighted by molar-refractivity contribution is -0.139. The van der Waals surface area contributed by atoms with Crippen LogP contribution in [0, 0.1) is 0 Å². The first-order valence-electron chi connectivity index (χ1n) is 2.56. The van der Waals surface area contributed by atoms with E-state index in [1.165, 1.54) is 0 Å². The lowest BCUT2D eigenvalue weighted by Crippen LogP contribution is -2.45. The van der Waals surface area contributed by atoms with Gasteiger partial charge in [0.2, 0.25) is 0 Å². The van der Waals surface area contributed by atoms with E-state index in [1.54, 1.807) is 13.8 Å². The monoisotopic (exact) mass is 166 g/mol. The summed E-state index contributed by atoms with van der Waals surface area (Å²) < 4.78 is -0.647. The Morgan fingerprint density at radius 2 is 2.00 bits per heavy atom. The van der Waals surface area contributed by atoms with Crippen molar-refractivity contribution in [1.82, 2.24) is 6.15 Å². The van der Waals surface area contributed by atoms with E-state index >= 15 is 0 Å². The minimum absolute atomic E-state index is 0. The van der Waals surface area contributed by atoms with Gasteiger partial charge in [-0.1, -0.05) is 0 Å². The van der Waals surface area contributed by atoms with Gasteiger partial charge in [0.05, 0.1) is 0 Å². The van der Waals surface area contributed by atoms with E-state index < -0.39 is 16.8 Å². The van der Waals surface area contributed by atoms with Crippen LogP contribution in [0.2, 0.25) is 0 Å². The fraction of sp³-hybridized carbons (Fsp3) is 0.800. The Bertz CT molecular complexity index is 121. The van der Waals surface area contributed by atoms with Crippen molar-refractivity contribution in [2.45, 2.75) is 24.6 Å². The number of hydrogen-bond acceptors (Lipinski definition) is 4. The maximum absolute atomic E-state index is 10.2. The Kier molecular flexibility index (Phi) is 4.72. The minimum Gasteiger partial charge on any atom is -0.480 e. The molecule has 0 aromatic carbocycles. The van der Waals surface area contributed by atoms with Crippen molar-refractivity contribution in [2.24, 2.45) is 5.73 Å². The SMILES string of the molecule is CC(C)(S)[C@H](N)C(=O)O.N. The van der Waals surface area contributed by atoms with Crippen LogP contribution in [0.25, 0.3) is 0 Å². The number of thiol groups is 1. The largest absolute Gasteiger partial charge is 0.480 e. The van der Waals surface area contributed by atoms with E-state index in [2.05, 4.69) is 12.6 Å². The Labute approximate surface area is 65.8 Å². The summed E-state index contributed by atoms with van der Waals surface area (Å²) in [6.07, 6.45) is 0. The van der Waals surface area contributed by atoms with E-state index in [1.807, 2.05) is 0 Å². The normalized spacial score (nSPS) is 13.6. The molecule has 0 aromatic heterocycles. The molecule has 0 fully saturated rings. The Balaban J connectivity index is 0. The fourth-order valence-electron chi connectivity index (χ4n) is 0.302. The third kappa shape index (κ3) is 3.71. The summed E-state index contributed by atoms with van der Waals surface area (Å²) in [5.41, 5.74) is 5.22. The summed E-state index contributed by atoms with van der Waals surface area (Å²) in [5.74, 6) is -1.02. The second-order valence-corrected chi connectivity index (χ2v) is 3.62. The molecule has 0 aromatic rings. The zero-order chi connectivity index (χ0) is 7.65. The van der Waals surface area contributed by atoms with E-state index in [0.29, 0.717) is 0 Å². The Hall–Kier alpha value is -0.260. The van der Waals surface area contributed by atoms with Crippen LogP contribution in [-0.4, -0.2) is 21.9 Å².